The van der Waals surface area contributed by atoms with E-state index in [4.69, 9.17) is 4.74 Å². The van der Waals surface area contributed by atoms with Gasteiger partial charge < -0.3 is 9.84 Å². The number of ether oxygens (including phenoxy) is 1. The first-order chi connectivity index (χ1) is 15.6. The minimum Gasteiger partial charge on any atom is -0.480 e. The van der Waals surface area contributed by atoms with Crippen molar-refractivity contribution in [2.45, 2.75) is 25.4 Å². The van der Waals surface area contributed by atoms with Crippen molar-refractivity contribution in [3.05, 3.63) is 65.2 Å². The molecule has 170 valence electrons. The molecule has 2 aliphatic rings. The fourth-order valence-corrected chi connectivity index (χ4v) is 4.67. The lowest BCUT2D eigenvalue weighted by atomic mass is 9.80. The molecule has 2 saturated heterocycles. The number of esters is 1. The lowest BCUT2D eigenvalue weighted by Gasteiger charge is -2.27. The SMILES string of the molecule is COC(=O)c1ccc(C2NC(C)(C(=O)O)C3C(=O)N(c4ccc(C(C)=O)cc4)C(=O)C23)cc1. The van der Waals surface area contributed by atoms with Crippen molar-refractivity contribution in [1.29, 1.82) is 0 Å². The van der Waals surface area contributed by atoms with Crippen molar-refractivity contribution in [3.63, 3.8) is 0 Å². The van der Waals surface area contributed by atoms with Crippen LogP contribution in [0.5, 0.6) is 0 Å². The summed E-state index contributed by atoms with van der Waals surface area (Å²) in [5, 5.41) is 12.9. The van der Waals surface area contributed by atoms with E-state index >= 15 is 0 Å². The zero-order valence-electron chi connectivity index (χ0n) is 18.2. The number of ketones is 1. The number of carbonyl (C=O) groups excluding carboxylic acids is 4. The van der Waals surface area contributed by atoms with E-state index < -0.39 is 47.2 Å². The topological polar surface area (TPSA) is 130 Å². The molecule has 9 heteroatoms. The molecule has 2 N–H and O–H groups in total. The van der Waals surface area contributed by atoms with Crippen LogP contribution in [0.15, 0.2) is 48.5 Å². The lowest BCUT2D eigenvalue weighted by molar-refractivity contribution is -0.147. The van der Waals surface area contributed by atoms with E-state index in [0.717, 1.165) is 4.90 Å². The van der Waals surface area contributed by atoms with E-state index in [9.17, 15) is 29.1 Å². The second kappa shape index (κ2) is 7.93. The number of methoxy groups -OCH3 is 1. The number of carboxylic acid groups (broad SMARTS) is 1. The highest BCUT2D eigenvalue weighted by Crippen LogP contribution is 2.49. The van der Waals surface area contributed by atoms with Crippen LogP contribution in [0, 0.1) is 11.8 Å². The lowest BCUT2D eigenvalue weighted by Crippen LogP contribution is -2.53. The molecule has 0 radical (unpaired) electrons. The molecule has 0 bridgehead atoms. The zero-order valence-corrected chi connectivity index (χ0v) is 18.2. The summed E-state index contributed by atoms with van der Waals surface area (Å²) in [5.41, 5.74) is -0.108. The predicted octanol–water partition coefficient (Wildman–Crippen LogP) is 1.97. The van der Waals surface area contributed by atoms with Crippen molar-refractivity contribution < 1.29 is 33.8 Å². The van der Waals surface area contributed by atoms with E-state index in [1.54, 1.807) is 12.1 Å². The first-order valence-electron chi connectivity index (χ1n) is 10.3. The van der Waals surface area contributed by atoms with Crippen molar-refractivity contribution in [3.8, 4) is 0 Å². The Morgan fingerprint density at radius 3 is 2.06 bits per heavy atom. The second-order valence-corrected chi connectivity index (χ2v) is 8.36. The average Bonchev–Trinajstić information content (AvgIpc) is 3.27. The Bertz CT molecular complexity index is 1170. The molecule has 0 aromatic heterocycles. The molecule has 2 fully saturated rings. The molecular formula is C24H22N2O7. The summed E-state index contributed by atoms with van der Waals surface area (Å²) in [6, 6.07) is 11.5. The summed E-state index contributed by atoms with van der Waals surface area (Å²) in [7, 11) is 1.26. The molecule has 4 atom stereocenters. The Labute approximate surface area is 189 Å². The van der Waals surface area contributed by atoms with Gasteiger partial charge in [0.2, 0.25) is 11.8 Å². The Morgan fingerprint density at radius 2 is 1.55 bits per heavy atom. The Balaban J connectivity index is 1.75. The minimum absolute atomic E-state index is 0.157. The second-order valence-electron chi connectivity index (χ2n) is 8.36. The van der Waals surface area contributed by atoms with Gasteiger partial charge in [-0.1, -0.05) is 12.1 Å². The quantitative estimate of drug-likeness (QED) is 0.402. The monoisotopic (exact) mass is 450 g/mol. The number of Topliss-reactive ketones (excluding diaryl/α,β-unsaturated/α-hetero) is 1. The molecule has 2 amide bonds. The fourth-order valence-electron chi connectivity index (χ4n) is 4.67. The third kappa shape index (κ3) is 3.41. The molecular weight excluding hydrogens is 428 g/mol. The highest BCUT2D eigenvalue weighted by atomic mass is 16.5. The van der Waals surface area contributed by atoms with Gasteiger partial charge in [0.1, 0.15) is 5.54 Å². The van der Waals surface area contributed by atoms with Gasteiger partial charge in [0.05, 0.1) is 30.2 Å². The number of hydrogen-bond acceptors (Lipinski definition) is 7. The summed E-state index contributed by atoms with van der Waals surface area (Å²) >= 11 is 0. The number of benzene rings is 2. The number of nitrogens with one attached hydrogen (secondary N) is 1. The Morgan fingerprint density at radius 1 is 0.970 bits per heavy atom. The van der Waals surface area contributed by atoms with Crippen molar-refractivity contribution >= 4 is 35.2 Å². The van der Waals surface area contributed by atoms with Crippen molar-refractivity contribution in [1.82, 2.24) is 5.32 Å². The van der Waals surface area contributed by atoms with Gasteiger partial charge in [0.15, 0.2) is 5.78 Å². The van der Waals surface area contributed by atoms with Gasteiger partial charge >= 0.3 is 11.9 Å². The first-order valence-corrected chi connectivity index (χ1v) is 10.3. The molecule has 0 spiro atoms. The molecule has 0 saturated carbocycles. The van der Waals surface area contributed by atoms with Crippen LogP contribution in [0.4, 0.5) is 5.69 Å². The van der Waals surface area contributed by atoms with Crippen LogP contribution in [0.3, 0.4) is 0 Å². The van der Waals surface area contributed by atoms with Crippen LogP contribution in [-0.4, -0.2) is 47.3 Å². The number of carbonyl (C=O) groups is 5. The smallest absolute Gasteiger partial charge is 0.337 e. The van der Waals surface area contributed by atoms with Crippen LogP contribution in [0.1, 0.15) is 46.2 Å². The molecule has 0 aliphatic carbocycles. The number of hydrogen-bond donors (Lipinski definition) is 2. The first kappa shape index (κ1) is 22.3. The summed E-state index contributed by atoms with van der Waals surface area (Å²) in [6.07, 6.45) is 0. The van der Waals surface area contributed by atoms with Crippen LogP contribution in [-0.2, 0) is 19.1 Å². The van der Waals surface area contributed by atoms with Gasteiger partial charge in [-0.3, -0.25) is 24.5 Å². The largest absolute Gasteiger partial charge is 0.480 e. The van der Waals surface area contributed by atoms with Gasteiger partial charge in [-0.05, 0) is 55.8 Å². The number of fused-ring (bicyclic) bond motifs is 1. The third-order valence-electron chi connectivity index (χ3n) is 6.45. The number of aliphatic carboxylic acids is 1. The summed E-state index contributed by atoms with van der Waals surface area (Å²) in [6.45, 7) is 2.80. The normalized spacial score (nSPS) is 26.3. The number of anilines is 1. The number of amides is 2. The molecule has 2 heterocycles. The molecule has 9 nitrogen and oxygen atoms in total. The summed E-state index contributed by atoms with van der Waals surface area (Å²) in [5.74, 6) is -5.18. The molecule has 4 rings (SSSR count). The standard InChI is InChI=1S/C24H22N2O7/c1-12(27)13-8-10-16(11-9-13)26-20(28)17-18(21(26)29)24(2,23(31)32)25-19(17)14-4-6-15(7-5-14)22(30)33-3/h4-11,17-19,25H,1-3H3,(H,31,32). The highest BCUT2D eigenvalue weighted by molar-refractivity contribution is 6.24. The maximum Gasteiger partial charge on any atom is 0.337 e. The number of rotatable bonds is 5. The molecule has 33 heavy (non-hydrogen) atoms. The third-order valence-corrected chi connectivity index (χ3v) is 6.45. The predicted molar refractivity (Wildman–Crippen MR) is 116 cm³/mol. The van der Waals surface area contributed by atoms with Crippen LogP contribution >= 0.6 is 0 Å². The Hall–Kier alpha value is -3.85. The Kier molecular flexibility index (Phi) is 5.37. The minimum atomic E-state index is -1.68. The molecule has 2 aromatic rings. The zero-order chi connectivity index (χ0) is 24.1. The van der Waals surface area contributed by atoms with Crippen molar-refractivity contribution in [2.24, 2.45) is 11.8 Å². The average molecular weight is 450 g/mol. The highest BCUT2D eigenvalue weighted by Gasteiger charge is 2.66. The number of imide groups is 1. The number of carboxylic acids is 1. The fraction of sp³-hybridized carbons (Fsp3) is 0.292. The van der Waals surface area contributed by atoms with Gasteiger partial charge in [-0.15, -0.1) is 0 Å². The van der Waals surface area contributed by atoms with Crippen molar-refractivity contribution in [2.75, 3.05) is 12.0 Å². The maximum absolute atomic E-state index is 13.5. The van der Waals surface area contributed by atoms with E-state index in [1.807, 2.05) is 0 Å². The molecule has 2 aliphatic heterocycles. The van der Waals surface area contributed by atoms with Crippen LogP contribution in [0.2, 0.25) is 0 Å². The van der Waals surface area contributed by atoms with Gasteiger partial charge in [0, 0.05) is 11.6 Å². The summed E-state index contributed by atoms with van der Waals surface area (Å²) in [4.78, 5) is 63.3. The van der Waals surface area contributed by atoms with Gasteiger partial charge in [0.25, 0.3) is 0 Å². The maximum atomic E-state index is 13.5. The van der Waals surface area contributed by atoms with E-state index in [-0.39, 0.29) is 11.5 Å². The molecule has 2 aromatic carbocycles. The summed E-state index contributed by atoms with van der Waals surface area (Å²) < 4.78 is 4.69. The van der Waals surface area contributed by atoms with Crippen LogP contribution < -0.4 is 10.2 Å². The van der Waals surface area contributed by atoms with E-state index in [0.29, 0.717) is 16.7 Å². The number of nitrogens with zero attached hydrogens (tertiary/aromatic N) is 1. The van der Waals surface area contributed by atoms with Crippen LogP contribution in [0.25, 0.3) is 0 Å². The van der Waals surface area contributed by atoms with Gasteiger partial charge in [-0.25, -0.2) is 9.69 Å². The van der Waals surface area contributed by atoms with Gasteiger partial charge in [-0.2, -0.15) is 0 Å². The molecule has 4 unspecified atom stereocenters. The van der Waals surface area contributed by atoms with E-state index in [2.05, 4.69) is 5.32 Å². The van der Waals surface area contributed by atoms with E-state index in [1.165, 1.54) is 57.4 Å².